The average molecular weight is 528 g/mol. The SMILES string of the molecule is CCOC(=O)Cn1c(C)c(C=Nc2sc3c(c2C(=O)Nc2ccccc2)CCCCCC3)c2ccccc21. The molecule has 7 heteroatoms. The molecule has 0 saturated heterocycles. The van der Waals surface area contributed by atoms with Gasteiger partial charge >= 0.3 is 5.97 Å². The maximum absolute atomic E-state index is 13.6. The van der Waals surface area contributed by atoms with E-state index in [1.165, 1.54) is 17.7 Å². The van der Waals surface area contributed by atoms with Crippen LogP contribution in [0.25, 0.3) is 10.9 Å². The Morgan fingerprint density at radius 3 is 2.55 bits per heavy atom. The van der Waals surface area contributed by atoms with Crippen molar-refractivity contribution in [1.29, 1.82) is 0 Å². The van der Waals surface area contributed by atoms with Gasteiger partial charge in [0.2, 0.25) is 0 Å². The van der Waals surface area contributed by atoms with Gasteiger partial charge in [-0.2, -0.15) is 0 Å². The van der Waals surface area contributed by atoms with Crippen LogP contribution in [0.3, 0.4) is 0 Å². The first-order chi connectivity index (χ1) is 18.6. The molecule has 2 heterocycles. The third-order valence-electron chi connectivity index (χ3n) is 7.09. The van der Waals surface area contributed by atoms with Crippen LogP contribution in [0.5, 0.6) is 0 Å². The molecule has 196 valence electrons. The summed E-state index contributed by atoms with van der Waals surface area (Å²) in [4.78, 5) is 32.1. The summed E-state index contributed by atoms with van der Waals surface area (Å²) in [6.07, 6.45) is 8.37. The second kappa shape index (κ2) is 11.8. The molecule has 6 nitrogen and oxygen atoms in total. The topological polar surface area (TPSA) is 72.7 Å². The smallest absolute Gasteiger partial charge is 0.325 e. The van der Waals surface area contributed by atoms with Gasteiger partial charge in [0, 0.05) is 38.9 Å². The van der Waals surface area contributed by atoms with Crippen LogP contribution >= 0.6 is 11.3 Å². The predicted molar refractivity (Wildman–Crippen MR) is 155 cm³/mol. The van der Waals surface area contributed by atoms with Gasteiger partial charge in [-0.1, -0.05) is 49.2 Å². The normalized spacial score (nSPS) is 13.7. The number of ether oxygens (including phenoxy) is 1. The molecular formula is C31H33N3O3S. The highest BCUT2D eigenvalue weighted by Crippen LogP contribution is 2.39. The van der Waals surface area contributed by atoms with Gasteiger partial charge in [-0.3, -0.25) is 9.59 Å². The van der Waals surface area contributed by atoms with Crippen LogP contribution in [-0.4, -0.2) is 29.3 Å². The van der Waals surface area contributed by atoms with Crippen molar-refractivity contribution in [1.82, 2.24) is 4.57 Å². The van der Waals surface area contributed by atoms with E-state index in [-0.39, 0.29) is 18.4 Å². The zero-order valence-corrected chi connectivity index (χ0v) is 22.8. The van der Waals surface area contributed by atoms with E-state index in [9.17, 15) is 9.59 Å². The Morgan fingerprint density at radius 1 is 1.03 bits per heavy atom. The van der Waals surface area contributed by atoms with Crippen LogP contribution in [-0.2, 0) is 28.9 Å². The van der Waals surface area contributed by atoms with E-state index in [1.807, 2.05) is 79.2 Å². The predicted octanol–water partition coefficient (Wildman–Crippen LogP) is 7.24. The summed E-state index contributed by atoms with van der Waals surface area (Å²) < 4.78 is 7.19. The number of rotatable bonds is 7. The summed E-state index contributed by atoms with van der Waals surface area (Å²) in [6, 6.07) is 17.6. The van der Waals surface area contributed by atoms with Gasteiger partial charge in [0.05, 0.1) is 12.2 Å². The van der Waals surface area contributed by atoms with Crippen LogP contribution in [0.2, 0.25) is 0 Å². The lowest BCUT2D eigenvalue weighted by atomic mass is 9.96. The number of nitrogens with one attached hydrogen (secondary N) is 1. The maximum atomic E-state index is 13.6. The number of aryl methyl sites for hydroxylation is 1. The Hall–Kier alpha value is -3.71. The molecule has 1 amide bonds. The number of esters is 1. The molecular weight excluding hydrogens is 494 g/mol. The Kier molecular flexibility index (Phi) is 8.03. The van der Waals surface area contributed by atoms with Gasteiger partial charge in [-0.25, -0.2) is 4.99 Å². The molecule has 0 radical (unpaired) electrons. The number of amides is 1. The van der Waals surface area contributed by atoms with Crippen LogP contribution < -0.4 is 5.32 Å². The highest BCUT2D eigenvalue weighted by molar-refractivity contribution is 7.16. The fourth-order valence-electron chi connectivity index (χ4n) is 5.23. The van der Waals surface area contributed by atoms with E-state index in [1.54, 1.807) is 11.3 Å². The van der Waals surface area contributed by atoms with Gasteiger partial charge in [0.15, 0.2) is 0 Å². The third kappa shape index (κ3) is 5.43. The first kappa shape index (κ1) is 25.9. The van der Waals surface area contributed by atoms with Gasteiger partial charge in [-0.15, -0.1) is 11.3 Å². The minimum atomic E-state index is -0.266. The second-order valence-corrected chi connectivity index (χ2v) is 10.7. The summed E-state index contributed by atoms with van der Waals surface area (Å²) in [6.45, 7) is 4.30. The third-order valence-corrected chi connectivity index (χ3v) is 8.29. The molecule has 0 bridgehead atoms. The largest absolute Gasteiger partial charge is 0.465 e. The van der Waals surface area contributed by atoms with Crippen LogP contribution in [0, 0.1) is 6.92 Å². The van der Waals surface area contributed by atoms with E-state index in [0.29, 0.717) is 12.2 Å². The average Bonchev–Trinajstić information content (AvgIpc) is 3.37. The lowest BCUT2D eigenvalue weighted by molar-refractivity contribution is -0.143. The van der Waals surface area contributed by atoms with Crippen molar-refractivity contribution in [3.8, 4) is 0 Å². The first-order valence-corrected chi connectivity index (χ1v) is 14.2. The molecule has 38 heavy (non-hydrogen) atoms. The number of nitrogens with zero attached hydrogens (tertiary/aromatic N) is 2. The minimum absolute atomic E-state index is 0.108. The maximum Gasteiger partial charge on any atom is 0.325 e. The first-order valence-electron chi connectivity index (χ1n) is 13.3. The highest BCUT2D eigenvalue weighted by atomic mass is 32.1. The molecule has 2 aromatic heterocycles. The Bertz CT molecular complexity index is 1480. The summed E-state index contributed by atoms with van der Waals surface area (Å²) in [5, 5.41) is 4.85. The number of anilines is 1. The van der Waals surface area contributed by atoms with Crippen molar-refractivity contribution in [2.24, 2.45) is 4.99 Å². The van der Waals surface area contributed by atoms with E-state index >= 15 is 0 Å². The molecule has 0 aliphatic heterocycles. The van der Waals surface area contributed by atoms with E-state index in [0.717, 1.165) is 64.1 Å². The molecule has 0 fully saturated rings. The van der Waals surface area contributed by atoms with Crippen LogP contribution in [0.1, 0.15) is 64.7 Å². The minimum Gasteiger partial charge on any atom is -0.465 e. The summed E-state index contributed by atoms with van der Waals surface area (Å²) >= 11 is 1.64. The number of carbonyl (C=O) groups is 2. The monoisotopic (exact) mass is 527 g/mol. The molecule has 1 aliphatic carbocycles. The molecule has 0 atom stereocenters. The summed E-state index contributed by atoms with van der Waals surface area (Å²) in [5.74, 6) is -0.374. The Morgan fingerprint density at radius 2 is 1.76 bits per heavy atom. The Balaban J connectivity index is 1.56. The number of carbonyl (C=O) groups excluding carboxylic acids is 2. The Labute approximate surface area is 227 Å². The molecule has 1 N–H and O–H groups in total. The molecule has 0 saturated carbocycles. The lowest BCUT2D eigenvalue weighted by Crippen LogP contribution is -2.14. The van der Waals surface area contributed by atoms with E-state index < -0.39 is 0 Å². The molecule has 1 aliphatic rings. The highest BCUT2D eigenvalue weighted by Gasteiger charge is 2.24. The van der Waals surface area contributed by atoms with Crippen molar-refractivity contribution >= 4 is 51.0 Å². The van der Waals surface area contributed by atoms with Crippen molar-refractivity contribution in [2.75, 3.05) is 11.9 Å². The van der Waals surface area contributed by atoms with Crippen molar-refractivity contribution in [3.05, 3.63) is 81.9 Å². The standard InChI is InChI=1S/C31H33N3O3S/c1-3-37-28(35)20-34-21(2)25(23-15-11-12-17-26(23)34)19-32-31-29(30(36)33-22-13-7-6-8-14-22)24-16-9-4-5-10-18-27(24)38-31/h6-8,11-15,17,19H,3-5,9-10,16,18,20H2,1-2H3,(H,33,36). The number of hydrogen-bond donors (Lipinski definition) is 1. The summed E-state index contributed by atoms with van der Waals surface area (Å²) in [5.41, 5.74) is 5.46. The second-order valence-electron chi connectivity index (χ2n) is 9.58. The van der Waals surface area contributed by atoms with Crippen molar-refractivity contribution in [2.45, 2.75) is 58.9 Å². The zero-order chi connectivity index (χ0) is 26.5. The van der Waals surface area contributed by atoms with E-state index in [2.05, 4.69) is 5.32 Å². The number of para-hydroxylation sites is 2. The van der Waals surface area contributed by atoms with Crippen LogP contribution in [0.15, 0.2) is 59.6 Å². The lowest BCUT2D eigenvalue weighted by Gasteiger charge is -2.12. The number of aromatic nitrogens is 1. The molecule has 5 rings (SSSR count). The molecule has 0 unspecified atom stereocenters. The molecule has 2 aromatic carbocycles. The molecule has 0 spiro atoms. The summed E-state index contributed by atoms with van der Waals surface area (Å²) in [7, 11) is 0. The van der Waals surface area contributed by atoms with Gasteiger partial charge in [0.1, 0.15) is 11.5 Å². The number of fused-ring (bicyclic) bond motifs is 2. The van der Waals surface area contributed by atoms with Crippen molar-refractivity contribution in [3.63, 3.8) is 0 Å². The molecule has 4 aromatic rings. The zero-order valence-electron chi connectivity index (χ0n) is 22.0. The number of hydrogen-bond acceptors (Lipinski definition) is 5. The number of thiophene rings is 1. The van der Waals surface area contributed by atoms with E-state index in [4.69, 9.17) is 9.73 Å². The number of aliphatic imine (C=N–C) groups is 1. The van der Waals surface area contributed by atoms with Gasteiger partial charge in [0.25, 0.3) is 5.91 Å². The van der Waals surface area contributed by atoms with Gasteiger partial charge < -0.3 is 14.6 Å². The quantitative estimate of drug-likeness (QED) is 0.203. The van der Waals surface area contributed by atoms with Crippen LogP contribution in [0.4, 0.5) is 10.7 Å². The number of benzene rings is 2. The fourth-order valence-corrected chi connectivity index (χ4v) is 6.46. The fraction of sp³-hybridized carbons (Fsp3) is 0.323. The van der Waals surface area contributed by atoms with Gasteiger partial charge in [-0.05, 0) is 63.3 Å². The van der Waals surface area contributed by atoms with Crippen molar-refractivity contribution < 1.29 is 14.3 Å².